The van der Waals surface area contributed by atoms with Crippen LogP contribution >= 0.6 is 0 Å². The second kappa shape index (κ2) is 6.92. The molecule has 2 aliphatic rings. The number of hydrogen-bond donors (Lipinski definition) is 2. The summed E-state index contributed by atoms with van der Waals surface area (Å²) < 4.78 is 17.4. The highest BCUT2D eigenvalue weighted by Gasteiger charge is 2.51. The maximum absolute atomic E-state index is 12.5. The van der Waals surface area contributed by atoms with Crippen molar-refractivity contribution in [3.8, 4) is 0 Å². The maximum atomic E-state index is 12.5. The van der Waals surface area contributed by atoms with E-state index in [4.69, 9.17) is 19.9 Å². The molecule has 0 spiro atoms. The van der Waals surface area contributed by atoms with Crippen LogP contribution in [0.4, 0.5) is 4.79 Å². The van der Waals surface area contributed by atoms with Gasteiger partial charge in [-0.2, -0.15) is 0 Å². The minimum absolute atomic E-state index is 0.127. The van der Waals surface area contributed by atoms with Crippen LogP contribution in [0.3, 0.4) is 0 Å². The Labute approximate surface area is 147 Å². The first kappa shape index (κ1) is 18.1. The number of likely N-dealkylation sites (tertiary alicyclic amines) is 1. The fraction of sp³-hybridized carbons (Fsp3) is 0.611. The molecule has 3 N–H and O–H groups in total. The number of piperidine rings is 1. The minimum Gasteiger partial charge on any atom is -0.444 e. The van der Waals surface area contributed by atoms with E-state index in [1.165, 1.54) is 4.90 Å². The molecule has 1 aromatic rings. The average Bonchev–Trinajstić information content (AvgIpc) is 3.00. The predicted octanol–water partition coefficient (Wildman–Crippen LogP) is 1.61. The molecule has 0 aromatic heterocycles. The summed E-state index contributed by atoms with van der Waals surface area (Å²) in [6, 6.07) is 9.54. The summed E-state index contributed by atoms with van der Waals surface area (Å²) in [5, 5.41) is 9.76. The lowest BCUT2D eigenvalue weighted by Gasteiger charge is -2.42. The normalized spacial score (nSPS) is 32.4. The van der Waals surface area contributed by atoms with Gasteiger partial charge in [-0.3, -0.25) is 4.90 Å². The van der Waals surface area contributed by atoms with Crippen LogP contribution in [-0.2, 0) is 14.2 Å². The van der Waals surface area contributed by atoms with E-state index in [0.717, 1.165) is 5.56 Å². The molecule has 0 bridgehead atoms. The molecule has 1 amide bonds. The van der Waals surface area contributed by atoms with Gasteiger partial charge < -0.3 is 25.1 Å². The monoisotopic (exact) mass is 350 g/mol. The molecule has 5 atom stereocenters. The Hall–Kier alpha value is -1.67. The number of benzene rings is 1. The SMILES string of the molecule is CC(C)(C)OC(=O)N1C[C@H](CO)[C@@H]2O[C@H](c3ccccc3)O[C@@H]2[C@H]1N. The minimum atomic E-state index is -0.698. The number of aliphatic hydroxyl groups excluding tert-OH is 1. The van der Waals surface area contributed by atoms with Crippen LogP contribution in [0.15, 0.2) is 30.3 Å². The topological polar surface area (TPSA) is 94.2 Å². The van der Waals surface area contributed by atoms with Gasteiger partial charge in [-0.15, -0.1) is 0 Å². The van der Waals surface area contributed by atoms with Crippen LogP contribution in [0, 0.1) is 5.92 Å². The van der Waals surface area contributed by atoms with Gasteiger partial charge in [0.25, 0.3) is 0 Å². The fourth-order valence-corrected chi connectivity index (χ4v) is 3.23. The third-order valence-corrected chi connectivity index (χ3v) is 4.41. The molecule has 7 nitrogen and oxygen atoms in total. The number of rotatable bonds is 2. The van der Waals surface area contributed by atoms with Crippen molar-refractivity contribution < 1.29 is 24.1 Å². The van der Waals surface area contributed by atoms with E-state index >= 15 is 0 Å². The summed E-state index contributed by atoms with van der Waals surface area (Å²) in [5.74, 6) is -0.286. The van der Waals surface area contributed by atoms with Crippen molar-refractivity contribution in [1.82, 2.24) is 4.90 Å². The second-order valence-electron chi connectivity index (χ2n) is 7.51. The zero-order valence-corrected chi connectivity index (χ0v) is 14.8. The van der Waals surface area contributed by atoms with Crippen LogP contribution in [-0.4, -0.2) is 53.2 Å². The van der Waals surface area contributed by atoms with E-state index in [-0.39, 0.29) is 25.2 Å². The summed E-state index contributed by atoms with van der Waals surface area (Å²) in [5.41, 5.74) is 6.54. The molecular weight excluding hydrogens is 324 g/mol. The van der Waals surface area contributed by atoms with Gasteiger partial charge in [0.05, 0.1) is 12.7 Å². The molecule has 0 unspecified atom stereocenters. The summed E-state index contributed by atoms with van der Waals surface area (Å²) >= 11 is 0. The third kappa shape index (κ3) is 3.79. The van der Waals surface area contributed by atoms with Crippen LogP contribution in [0.2, 0.25) is 0 Å². The lowest BCUT2D eigenvalue weighted by Crippen LogP contribution is -2.64. The lowest BCUT2D eigenvalue weighted by molar-refractivity contribution is -0.0756. The Balaban J connectivity index is 1.78. The molecule has 0 aliphatic carbocycles. The van der Waals surface area contributed by atoms with Crippen LogP contribution < -0.4 is 5.73 Å². The van der Waals surface area contributed by atoms with Gasteiger partial charge >= 0.3 is 6.09 Å². The van der Waals surface area contributed by atoms with Crippen molar-refractivity contribution in [3.05, 3.63) is 35.9 Å². The first-order chi connectivity index (χ1) is 11.8. The van der Waals surface area contributed by atoms with Gasteiger partial charge in [0.1, 0.15) is 17.9 Å². The van der Waals surface area contributed by atoms with Crippen LogP contribution in [0.1, 0.15) is 32.6 Å². The van der Waals surface area contributed by atoms with Gasteiger partial charge in [-0.1, -0.05) is 30.3 Å². The molecule has 1 aromatic carbocycles. The van der Waals surface area contributed by atoms with Gasteiger partial charge in [0, 0.05) is 18.0 Å². The maximum Gasteiger partial charge on any atom is 0.411 e. The van der Waals surface area contributed by atoms with E-state index < -0.39 is 30.3 Å². The quantitative estimate of drug-likeness (QED) is 0.842. The van der Waals surface area contributed by atoms with Crippen molar-refractivity contribution in [2.24, 2.45) is 11.7 Å². The first-order valence-corrected chi connectivity index (χ1v) is 8.52. The van der Waals surface area contributed by atoms with E-state index in [2.05, 4.69) is 0 Å². The van der Waals surface area contributed by atoms with Gasteiger partial charge in [0.15, 0.2) is 6.29 Å². The number of nitrogens with zero attached hydrogens (tertiary/aromatic N) is 1. The molecule has 2 fully saturated rings. The van der Waals surface area contributed by atoms with E-state index in [1.54, 1.807) is 20.8 Å². The van der Waals surface area contributed by atoms with Gasteiger partial charge in [-0.25, -0.2) is 4.79 Å². The first-order valence-electron chi connectivity index (χ1n) is 8.52. The Morgan fingerprint density at radius 3 is 2.52 bits per heavy atom. The number of carbonyl (C=O) groups is 1. The van der Waals surface area contributed by atoms with E-state index in [1.807, 2.05) is 30.3 Å². The zero-order valence-electron chi connectivity index (χ0n) is 14.8. The highest BCUT2D eigenvalue weighted by Crippen LogP contribution is 2.39. The molecular formula is C18H26N2O5. The number of fused-ring (bicyclic) bond motifs is 1. The van der Waals surface area contributed by atoms with Crippen molar-refractivity contribution in [2.75, 3.05) is 13.2 Å². The average molecular weight is 350 g/mol. The van der Waals surface area contributed by atoms with E-state index in [9.17, 15) is 9.90 Å². The Kier molecular flexibility index (Phi) is 5.02. The molecule has 7 heteroatoms. The largest absolute Gasteiger partial charge is 0.444 e. The Morgan fingerprint density at radius 1 is 1.28 bits per heavy atom. The number of aliphatic hydroxyl groups is 1. The molecule has 2 saturated heterocycles. The summed E-state index contributed by atoms with van der Waals surface area (Å²) in [6.45, 7) is 5.53. The predicted molar refractivity (Wildman–Crippen MR) is 90.4 cm³/mol. The Morgan fingerprint density at radius 2 is 1.92 bits per heavy atom. The standard InChI is InChI=1S/C18H26N2O5/c1-18(2,3)25-17(22)20-9-12(10-21)13-14(15(20)19)24-16(23-13)11-7-5-4-6-8-11/h4-8,12-16,21H,9-10,19H2,1-3H3/t12-,13+,14+,15+,16+/m1/s1. The summed E-state index contributed by atoms with van der Waals surface area (Å²) in [7, 11) is 0. The molecule has 25 heavy (non-hydrogen) atoms. The second-order valence-corrected chi connectivity index (χ2v) is 7.51. The van der Waals surface area contributed by atoms with Crippen molar-refractivity contribution >= 4 is 6.09 Å². The van der Waals surface area contributed by atoms with Crippen LogP contribution in [0.5, 0.6) is 0 Å². The van der Waals surface area contributed by atoms with Crippen molar-refractivity contribution in [3.63, 3.8) is 0 Å². The van der Waals surface area contributed by atoms with E-state index in [0.29, 0.717) is 0 Å². The van der Waals surface area contributed by atoms with Crippen molar-refractivity contribution in [2.45, 2.75) is 51.0 Å². The molecule has 3 rings (SSSR count). The zero-order chi connectivity index (χ0) is 18.2. The lowest BCUT2D eigenvalue weighted by atomic mass is 9.91. The summed E-state index contributed by atoms with van der Waals surface area (Å²) in [6.07, 6.45) is -2.66. The molecule has 0 radical (unpaired) electrons. The number of amides is 1. The molecule has 138 valence electrons. The highest BCUT2D eigenvalue weighted by atomic mass is 16.7. The molecule has 0 saturated carbocycles. The fourth-order valence-electron chi connectivity index (χ4n) is 3.23. The smallest absolute Gasteiger partial charge is 0.411 e. The number of hydrogen-bond acceptors (Lipinski definition) is 6. The highest BCUT2D eigenvalue weighted by molar-refractivity contribution is 5.69. The number of ether oxygens (including phenoxy) is 3. The number of nitrogens with two attached hydrogens (primary N) is 1. The molecule has 2 heterocycles. The van der Waals surface area contributed by atoms with Crippen LogP contribution in [0.25, 0.3) is 0 Å². The third-order valence-electron chi connectivity index (χ3n) is 4.41. The van der Waals surface area contributed by atoms with Crippen molar-refractivity contribution in [1.29, 1.82) is 0 Å². The number of carbonyl (C=O) groups excluding carboxylic acids is 1. The van der Waals surface area contributed by atoms with Gasteiger partial charge in [-0.05, 0) is 20.8 Å². The summed E-state index contributed by atoms with van der Waals surface area (Å²) in [4.78, 5) is 13.9. The molecule has 2 aliphatic heterocycles. The Bertz CT molecular complexity index is 603. The van der Waals surface area contributed by atoms with Gasteiger partial charge in [0.2, 0.25) is 0 Å².